The number of aromatic hydroxyl groups is 1. The Morgan fingerprint density at radius 3 is 2.34 bits per heavy atom. The molecule has 4 rings (SSSR count). The van der Waals surface area contributed by atoms with E-state index in [0.29, 0.717) is 22.5 Å². The van der Waals surface area contributed by atoms with Gasteiger partial charge in [0, 0.05) is 25.2 Å². The molecule has 0 aliphatic rings. The third-order valence-electron chi connectivity index (χ3n) is 4.25. The minimum absolute atomic E-state index is 0.0508. The fraction of sp³-hybridized carbons (Fsp3) is 0.0952. The van der Waals surface area contributed by atoms with E-state index in [1.165, 1.54) is 11.1 Å². The zero-order chi connectivity index (χ0) is 20.4. The van der Waals surface area contributed by atoms with Crippen molar-refractivity contribution in [3.63, 3.8) is 0 Å². The van der Waals surface area contributed by atoms with Gasteiger partial charge in [0.1, 0.15) is 11.4 Å². The van der Waals surface area contributed by atoms with Crippen LogP contribution in [-0.2, 0) is 0 Å². The minimum Gasteiger partial charge on any atom is -0.507 e. The van der Waals surface area contributed by atoms with Gasteiger partial charge in [-0.1, -0.05) is 24.3 Å². The molecular formula is C21H17N5O3. The summed E-state index contributed by atoms with van der Waals surface area (Å²) >= 11 is 0. The van der Waals surface area contributed by atoms with Crippen LogP contribution in [0.3, 0.4) is 0 Å². The number of amides is 1. The Hall–Kier alpha value is -4.07. The number of phenolic OH excluding ortho intramolecular Hbond substituents is 1. The van der Waals surface area contributed by atoms with Crippen LogP contribution >= 0.6 is 0 Å². The number of phenols is 1. The number of carbonyl (C=O) groups is 1. The topological polar surface area (TPSA) is 105 Å². The lowest BCUT2D eigenvalue weighted by Gasteiger charge is -2.10. The second-order valence-corrected chi connectivity index (χ2v) is 6.50. The zero-order valence-corrected chi connectivity index (χ0v) is 15.8. The number of hydrogen-bond acceptors (Lipinski definition) is 7. The first-order chi connectivity index (χ1) is 14.0. The SMILES string of the molecule is CN(C)C(=O)c1ccc(-c2cncc(-c3nnc(-c4ccccc4O)o3)n2)cc1. The van der Waals surface area contributed by atoms with E-state index in [2.05, 4.69) is 20.2 Å². The average molecular weight is 387 g/mol. The van der Waals surface area contributed by atoms with E-state index in [-0.39, 0.29) is 23.4 Å². The number of aromatic nitrogens is 4. The lowest BCUT2D eigenvalue weighted by molar-refractivity contribution is 0.0827. The van der Waals surface area contributed by atoms with Crippen LogP contribution < -0.4 is 0 Å². The van der Waals surface area contributed by atoms with Crippen molar-refractivity contribution in [3.8, 4) is 40.0 Å². The van der Waals surface area contributed by atoms with Crippen LogP contribution in [0.5, 0.6) is 5.75 Å². The summed E-state index contributed by atoms with van der Waals surface area (Å²) in [6.45, 7) is 0. The van der Waals surface area contributed by atoms with Gasteiger partial charge >= 0.3 is 0 Å². The van der Waals surface area contributed by atoms with Crippen molar-refractivity contribution in [3.05, 3.63) is 66.5 Å². The highest BCUT2D eigenvalue weighted by Gasteiger charge is 2.15. The predicted octanol–water partition coefficient (Wildman–Crippen LogP) is 3.27. The largest absolute Gasteiger partial charge is 0.507 e. The molecule has 29 heavy (non-hydrogen) atoms. The maximum Gasteiger partial charge on any atom is 0.268 e. The Bertz CT molecular complexity index is 1170. The van der Waals surface area contributed by atoms with Crippen molar-refractivity contribution >= 4 is 5.91 Å². The summed E-state index contributed by atoms with van der Waals surface area (Å²) < 4.78 is 5.67. The Labute approximate surface area is 166 Å². The predicted molar refractivity (Wildman–Crippen MR) is 106 cm³/mol. The van der Waals surface area contributed by atoms with Gasteiger partial charge in [-0.25, -0.2) is 4.98 Å². The van der Waals surface area contributed by atoms with Gasteiger partial charge in [-0.2, -0.15) is 0 Å². The Kier molecular flexibility index (Phi) is 4.74. The van der Waals surface area contributed by atoms with E-state index in [4.69, 9.17) is 4.42 Å². The molecule has 0 unspecified atom stereocenters. The quantitative estimate of drug-likeness (QED) is 0.573. The minimum atomic E-state index is -0.0704. The van der Waals surface area contributed by atoms with Crippen molar-refractivity contribution in [2.75, 3.05) is 14.1 Å². The molecule has 4 aromatic rings. The average Bonchev–Trinajstić information content (AvgIpc) is 3.24. The van der Waals surface area contributed by atoms with Crippen molar-refractivity contribution in [2.45, 2.75) is 0 Å². The molecular weight excluding hydrogens is 370 g/mol. The van der Waals surface area contributed by atoms with E-state index in [9.17, 15) is 9.90 Å². The zero-order valence-electron chi connectivity index (χ0n) is 15.8. The van der Waals surface area contributed by atoms with Crippen molar-refractivity contribution in [1.82, 2.24) is 25.1 Å². The molecule has 0 atom stereocenters. The lowest BCUT2D eigenvalue weighted by atomic mass is 10.1. The summed E-state index contributed by atoms with van der Waals surface area (Å²) in [5.41, 5.74) is 2.84. The maximum atomic E-state index is 12.0. The van der Waals surface area contributed by atoms with Crippen LogP contribution in [0.1, 0.15) is 10.4 Å². The molecule has 0 fully saturated rings. The first kappa shape index (κ1) is 18.3. The lowest BCUT2D eigenvalue weighted by Crippen LogP contribution is -2.21. The summed E-state index contributed by atoms with van der Waals surface area (Å²) in [6.07, 6.45) is 3.14. The molecule has 0 bridgehead atoms. The molecule has 2 aromatic heterocycles. The van der Waals surface area contributed by atoms with E-state index >= 15 is 0 Å². The highest BCUT2D eigenvalue weighted by Crippen LogP contribution is 2.29. The molecule has 8 heteroatoms. The fourth-order valence-corrected chi connectivity index (χ4v) is 2.74. The van der Waals surface area contributed by atoms with E-state index in [1.54, 1.807) is 56.7 Å². The second-order valence-electron chi connectivity index (χ2n) is 6.50. The van der Waals surface area contributed by atoms with Gasteiger partial charge in [0.05, 0.1) is 23.7 Å². The van der Waals surface area contributed by atoms with Crippen LogP contribution in [0.25, 0.3) is 34.3 Å². The monoisotopic (exact) mass is 387 g/mol. The summed E-state index contributed by atoms with van der Waals surface area (Å²) in [6, 6.07) is 13.8. The van der Waals surface area contributed by atoms with Gasteiger partial charge in [-0.05, 0) is 24.3 Å². The number of benzene rings is 2. The summed E-state index contributed by atoms with van der Waals surface area (Å²) in [5.74, 6) is 0.364. The molecule has 0 aliphatic carbocycles. The van der Waals surface area contributed by atoms with Gasteiger partial charge in [-0.3, -0.25) is 9.78 Å². The van der Waals surface area contributed by atoms with Gasteiger partial charge < -0.3 is 14.4 Å². The molecule has 8 nitrogen and oxygen atoms in total. The molecule has 2 aromatic carbocycles. The van der Waals surface area contributed by atoms with Crippen molar-refractivity contribution < 1.29 is 14.3 Å². The van der Waals surface area contributed by atoms with Gasteiger partial charge in [0.25, 0.3) is 17.7 Å². The van der Waals surface area contributed by atoms with Crippen LogP contribution in [0.2, 0.25) is 0 Å². The Morgan fingerprint density at radius 2 is 1.62 bits per heavy atom. The molecule has 0 saturated carbocycles. The van der Waals surface area contributed by atoms with E-state index in [0.717, 1.165) is 5.56 Å². The second kappa shape index (κ2) is 7.51. The first-order valence-electron chi connectivity index (χ1n) is 8.79. The molecule has 0 saturated heterocycles. The molecule has 0 spiro atoms. The number of rotatable bonds is 4. The van der Waals surface area contributed by atoms with Gasteiger partial charge in [-0.15, -0.1) is 10.2 Å². The number of hydrogen-bond donors (Lipinski definition) is 1. The van der Waals surface area contributed by atoms with Crippen LogP contribution in [0, 0.1) is 0 Å². The molecule has 1 N–H and O–H groups in total. The molecule has 2 heterocycles. The van der Waals surface area contributed by atoms with Crippen LogP contribution in [0.15, 0.2) is 65.3 Å². The van der Waals surface area contributed by atoms with E-state index < -0.39 is 0 Å². The van der Waals surface area contributed by atoms with Crippen LogP contribution in [0.4, 0.5) is 0 Å². The Balaban J connectivity index is 1.63. The molecule has 1 amide bonds. The molecule has 0 radical (unpaired) electrons. The molecule has 0 aliphatic heterocycles. The Morgan fingerprint density at radius 1 is 0.931 bits per heavy atom. The van der Waals surface area contributed by atoms with E-state index in [1.807, 2.05) is 12.1 Å². The standard InChI is InChI=1S/C21H17N5O3/c1-26(2)21(28)14-9-7-13(8-10-14)16-11-22-12-17(23-16)20-25-24-19(29-20)15-5-3-4-6-18(15)27/h3-12,27H,1-2H3. The third kappa shape index (κ3) is 3.68. The van der Waals surface area contributed by atoms with Crippen LogP contribution in [-0.4, -0.2) is 50.2 Å². The third-order valence-corrected chi connectivity index (χ3v) is 4.25. The molecule has 144 valence electrons. The first-order valence-corrected chi connectivity index (χ1v) is 8.79. The highest BCUT2D eigenvalue weighted by molar-refractivity contribution is 5.94. The smallest absolute Gasteiger partial charge is 0.268 e. The summed E-state index contributed by atoms with van der Waals surface area (Å²) in [5, 5.41) is 18.0. The number of carbonyl (C=O) groups excluding carboxylic acids is 1. The maximum absolute atomic E-state index is 12.0. The van der Waals surface area contributed by atoms with Crippen molar-refractivity contribution in [2.24, 2.45) is 0 Å². The number of nitrogens with zero attached hydrogens (tertiary/aromatic N) is 5. The highest BCUT2D eigenvalue weighted by atomic mass is 16.4. The van der Waals surface area contributed by atoms with Gasteiger partial charge in [0.2, 0.25) is 0 Å². The normalized spacial score (nSPS) is 10.7. The number of para-hydroxylation sites is 1. The summed E-state index contributed by atoms with van der Waals surface area (Å²) in [4.78, 5) is 22.3. The van der Waals surface area contributed by atoms with Gasteiger partial charge in [0.15, 0.2) is 0 Å². The summed E-state index contributed by atoms with van der Waals surface area (Å²) in [7, 11) is 3.41. The fourth-order valence-electron chi connectivity index (χ4n) is 2.74. The van der Waals surface area contributed by atoms with Crippen molar-refractivity contribution in [1.29, 1.82) is 0 Å².